The second-order valence-electron chi connectivity index (χ2n) is 6.28. The summed E-state index contributed by atoms with van der Waals surface area (Å²) in [6.45, 7) is 2.00. The lowest BCUT2D eigenvalue weighted by molar-refractivity contribution is 0.0733. The van der Waals surface area contributed by atoms with E-state index in [0.29, 0.717) is 11.5 Å². The highest BCUT2D eigenvalue weighted by molar-refractivity contribution is 5.91. The number of benzene rings is 2. The van der Waals surface area contributed by atoms with Crippen LogP contribution in [0.3, 0.4) is 0 Å². The van der Waals surface area contributed by atoms with Gasteiger partial charge in [0.15, 0.2) is 0 Å². The Bertz CT molecular complexity index is 905. The molecule has 2 aromatic rings. The molecule has 0 heterocycles. The van der Waals surface area contributed by atoms with Crippen LogP contribution in [0.4, 0.5) is 8.78 Å². The van der Waals surface area contributed by atoms with Crippen molar-refractivity contribution in [3.63, 3.8) is 0 Å². The van der Waals surface area contributed by atoms with Gasteiger partial charge in [-0.15, -0.1) is 0 Å². The first-order valence-electron chi connectivity index (χ1n) is 8.37. The summed E-state index contributed by atoms with van der Waals surface area (Å²) in [6.07, 6.45) is 7.06. The number of nitrogens with zero attached hydrogens (tertiary/aromatic N) is 1. The number of hydrogen-bond donors (Lipinski definition) is 0. The topological polar surface area (TPSA) is 50.1 Å². The molecule has 0 saturated carbocycles. The lowest BCUT2D eigenvalue weighted by atomic mass is 9.83. The van der Waals surface area contributed by atoms with Gasteiger partial charge < -0.3 is 4.74 Å². The first-order chi connectivity index (χ1) is 12.5. The molecule has 3 rings (SSSR count). The van der Waals surface area contributed by atoms with Crippen LogP contribution in [0.5, 0.6) is 5.75 Å². The summed E-state index contributed by atoms with van der Waals surface area (Å²) in [6, 6.07) is 8.44. The van der Waals surface area contributed by atoms with E-state index in [4.69, 9.17) is 10.00 Å². The molecule has 3 nitrogen and oxygen atoms in total. The maximum atomic E-state index is 13.6. The summed E-state index contributed by atoms with van der Waals surface area (Å²) >= 11 is 0. The predicted molar refractivity (Wildman–Crippen MR) is 92.8 cm³/mol. The molecule has 0 fully saturated rings. The molecule has 1 aliphatic rings. The molecule has 5 heteroatoms. The van der Waals surface area contributed by atoms with Crippen molar-refractivity contribution in [3.8, 4) is 11.8 Å². The molecule has 0 aromatic heterocycles. The third kappa shape index (κ3) is 3.65. The number of rotatable bonds is 3. The summed E-state index contributed by atoms with van der Waals surface area (Å²) in [4.78, 5) is 12.3. The average molecular weight is 353 g/mol. The minimum atomic E-state index is -1.06. The van der Waals surface area contributed by atoms with Crippen LogP contribution in [-0.4, -0.2) is 5.97 Å². The number of carbonyl (C=O) groups is 1. The highest BCUT2D eigenvalue weighted by Crippen LogP contribution is 2.28. The van der Waals surface area contributed by atoms with E-state index >= 15 is 0 Å². The van der Waals surface area contributed by atoms with E-state index in [2.05, 4.69) is 12.2 Å². The van der Waals surface area contributed by atoms with Crippen molar-refractivity contribution in [1.82, 2.24) is 0 Å². The molecule has 26 heavy (non-hydrogen) atoms. The number of fused-ring (bicyclic) bond motifs is 1. The number of allylic oxidation sites excluding steroid dienone is 2. The van der Waals surface area contributed by atoms with Gasteiger partial charge in [-0.25, -0.2) is 13.6 Å². The number of nitriles is 1. The number of esters is 1. The number of hydrogen-bond acceptors (Lipinski definition) is 3. The van der Waals surface area contributed by atoms with E-state index in [9.17, 15) is 13.6 Å². The fourth-order valence-electron chi connectivity index (χ4n) is 3.23. The first-order valence-corrected chi connectivity index (χ1v) is 8.37. The fraction of sp³-hybridized carbons (Fsp3) is 0.238. The van der Waals surface area contributed by atoms with Gasteiger partial charge in [-0.1, -0.05) is 18.2 Å². The Kier molecular flexibility index (Phi) is 5.13. The lowest BCUT2D eigenvalue weighted by Gasteiger charge is -2.22. The Morgan fingerprint density at radius 2 is 1.96 bits per heavy atom. The minimum absolute atomic E-state index is 0.269. The van der Waals surface area contributed by atoms with Gasteiger partial charge in [0.1, 0.15) is 29.0 Å². The van der Waals surface area contributed by atoms with Crippen LogP contribution in [0, 0.1) is 28.9 Å². The van der Waals surface area contributed by atoms with Gasteiger partial charge in [0, 0.05) is 12.1 Å². The van der Waals surface area contributed by atoms with E-state index in [1.165, 1.54) is 11.6 Å². The quantitative estimate of drug-likeness (QED) is 0.455. The molecule has 1 unspecified atom stereocenters. The van der Waals surface area contributed by atoms with Crippen molar-refractivity contribution in [2.75, 3.05) is 0 Å². The van der Waals surface area contributed by atoms with Crippen LogP contribution in [-0.2, 0) is 12.8 Å². The van der Waals surface area contributed by atoms with E-state index in [1.807, 2.05) is 13.0 Å². The zero-order valence-electron chi connectivity index (χ0n) is 14.3. The van der Waals surface area contributed by atoms with Gasteiger partial charge in [0.2, 0.25) is 0 Å². The van der Waals surface area contributed by atoms with Crippen LogP contribution >= 0.6 is 0 Å². The van der Waals surface area contributed by atoms with Gasteiger partial charge in [-0.2, -0.15) is 5.26 Å². The molecule has 0 radical (unpaired) electrons. The largest absolute Gasteiger partial charge is 0.423 e. The van der Waals surface area contributed by atoms with Crippen LogP contribution in [0.2, 0.25) is 0 Å². The van der Waals surface area contributed by atoms with Crippen molar-refractivity contribution in [2.45, 2.75) is 26.2 Å². The molecule has 0 aliphatic heterocycles. The maximum Gasteiger partial charge on any atom is 0.343 e. The normalized spacial score (nSPS) is 16.2. The van der Waals surface area contributed by atoms with E-state index in [0.717, 1.165) is 37.0 Å². The van der Waals surface area contributed by atoms with E-state index in [1.54, 1.807) is 12.1 Å². The van der Waals surface area contributed by atoms with Gasteiger partial charge >= 0.3 is 5.97 Å². The molecule has 1 atom stereocenters. The first kappa shape index (κ1) is 17.8. The zero-order valence-corrected chi connectivity index (χ0v) is 14.3. The molecule has 0 saturated heterocycles. The fourth-order valence-corrected chi connectivity index (χ4v) is 3.23. The Morgan fingerprint density at radius 3 is 2.62 bits per heavy atom. The van der Waals surface area contributed by atoms with Gasteiger partial charge in [-0.3, -0.25) is 0 Å². The van der Waals surface area contributed by atoms with Crippen molar-refractivity contribution < 1.29 is 18.3 Å². The Hall–Kier alpha value is -3.00. The Balaban J connectivity index is 1.79. The number of ether oxygens (including phenoxy) is 1. The Labute approximate surface area is 150 Å². The monoisotopic (exact) mass is 353 g/mol. The molecule has 2 aromatic carbocycles. The van der Waals surface area contributed by atoms with Crippen molar-refractivity contribution in [1.29, 1.82) is 5.26 Å². The van der Waals surface area contributed by atoms with Crippen LogP contribution in [0.1, 0.15) is 40.4 Å². The molecule has 0 N–H and O–H groups in total. The van der Waals surface area contributed by atoms with Gasteiger partial charge in [0.25, 0.3) is 0 Å². The maximum absolute atomic E-state index is 13.6. The molecule has 0 bridgehead atoms. The van der Waals surface area contributed by atoms with Crippen molar-refractivity contribution in [3.05, 3.63) is 76.4 Å². The van der Waals surface area contributed by atoms with Gasteiger partial charge in [-0.05, 0) is 55.4 Å². The highest BCUT2D eigenvalue weighted by atomic mass is 19.1. The summed E-state index contributed by atoms with van der Waals surface area (Å²) < 4.78 is 32.3. The Morgan fingerprint density at radius 1 is 1.23 bits per heavy atom. The predicted octanol–water partition coefficient (Wildman–Crippen LogP) is 4.74. The molecule has 1 aliphatic carbocycles. The van der Waals surface area contributed by atoms with E-state index in [-0.39, 0.29) is 5.75 Å². The lowest BCUT2D eigenvalue weighted by Crippen LogP contribution is -2.15. The average Bonchev–Trinajstić information content (AvgIpc) is 2.61. The summed E-state index contributed by atoms with van der Waals surface area (Å²) in [7, 11) is 0. The highest BCUT2D eigenvalue weighted by Gasteiger charge is 2.19. The molecule has 132 valence electrons. The van der Waals surface area contributed by atoms with Crippen molar-refractivity contribution >= 4 is 5.97 Å². The second kappa shape index (κ2) is 7.49. The van der Waals surface area contributed by atoms with Crippen LogP contribution in [0.15, 0.2) is 42.5 Å². The summed E-state index contributed by atoms with van der Waals surface area (Å²) in [5, 5.41) is 8.67. The standard InChI is InChI=1S/C21H17F2NO2/c1-2-3-13-4-5-15-9-16(7-6-14(15)8-13)21(25)26-17-10-19(22)18(12-24)20(23)11-17/h2-3,6-7,9-11,13H,4-5,8H2,1H3/b3-2+. The van der Waals surface area contributed by atoms with E-state index < -0.39 is 23.2 Å². The number of carbonyl (C=O) groups excluding carboxylic acids is 1. The number of aryl methyl sites for hydroxylation is 1. The smallest absolute Gasteiger partial charge is 0.343 e. The third-order valence-corrected chi connectivity index (χ3v) is 4.51. The van der Waals surface area contributed by atoms with Crippen LogP contribution in [0.25, 0.3) is 0 Å². The number of halogens is 2. The molecular formula is C21H17F2NO2. The molecule has 0 amide bonds. The minimum Gasteiger partial charge on any atom is -0.423 e. The SMILES string of the molecule is C/C=C/C1CCc2cc(C(=O)Oc3cc(F)c(C#N)c(F)c3)ccc2C1. The third-order valence-electron chi connectivity index (χ3n) is 4.51. The zero-order chi connectivity index (χ0) is 18.7. The van der Waals surface area contributed by atoms with Crippen LogP contribution < -0.4 is 4.74 Å². The second-order valence-corrected chi connectivity index (χ2v) is 6.28. The van der Waals surface area contributed by atoms with Gasteiger partial charge in [0.05, 0.1) is 5.56 Å². The summed E-state index contributed by atoms with van der Waals surface area (Å²) in [5.41, 5.74) is 1.93. The summed E-state index contributed by atoms with van der Waals surface area (Å²) in [5.74, 6) is -2.57. The van der Waals surface area contributed by atoms with Crippen molar-refractivity contribution in [2.24, 2.45) is 5.92 Å². The molecular weight excluding hydrogens is 336 g/mol. The molecule has 0 spiro atoms.